The maximum absolute atomic E-state index is 13.3. The first-order valence-corrected chi connectivity index (χ1v) is 12.6. The monoisotopic (exact) mass is 512 g/mol. The lowest BCUT2D eigenvalue weighted by molar-refractivity contribution is -0.122. The number of carbonyl (C=O) groups excluding carboxylic acids is 4. The van der Waals surface area contributed by atoms with Crippen molar-refractivity contribution < 1.29 is 28.7 Å². The fourth-order valence-corrected chi connectivity index (χ4v) is 5.36. The predicted molar refractivity (Wildman–Crippen MR) is 141 cm³/mol. The number of hydrogen-bond acceptors (Lipinski definition) is 6. The standard InChI is InChI=1S/C30H28N2O6/c1-37-26-10-6-5-9-25(26)31-27(33)18-38-30(36)20-11-14-22(15-12-20)32-28(34)23-16-13-21(17-24(23)29(32)35)19-7-3-2-4-8-19/h2-12,14-15,21,23-24H,13,16-18H2,1H3,(H,31,33)/t21-,23+,24+/m0/s1. The van der Waals surface area contributed by atoms with Gasteiger partial charge in [-0.3, -0.25) is 19.3 Å². The molecule has 3 atom stereocenters. The number of rotatable bonds is 7. The number of nitrogens with one attached hydrogen (secondary N) is 1. The van der Waals surface area contributed by atoms with E-state index in [-0.39, 0.29) is 35.1 Å². The maximum Gasteiger partial charge on any atom is 0.338 e. The van der Waals surface area contributed by atoms with Crippen LogP contribution in [0.5, 0.6) is 5.75 Å². The highest BCUT2D eigenvalue weighted by Gasteiger charge is 2.50. The van der Waals surface area contributed by atoms with Crippen molar-refractivity contribution in [3.05, 3.63) is 90.0 Å². The van der Waals surface area contributed by atoms with Gasteiger partial charge in [-0.1, -0.05) is 42.5 Å². The Morgan fingerprint density at radius 3 is 2.29 bits per heavy atom. The van der Waals surface area contributed by atoms with Crippen molar-refractivity contribution in [1.82, 2.24) is 0 Å². The van der Waals surface area contributed by atoms with Crippen LogP contribution in [0, 0.1) is 11.8 Å². The fourth-order valence-electron chi connectivity index (χ4n) is 5.36. The SMILES string of the molecule is COc1ccccc1NC(=O)COC(=O)c1ccc(N2C(=O)[C@@H]3CC[C@H](c4ccccc4)C[C@H]3C2=O)cc1. The molecule has 0 spiro atoms. The van der Waals surface area contributed by atoms with Gasteiger partial charge in [-0.15, -0.1) is 0 Å². The van der Waals surface area contributed by atoms with Crippen LogP contribution in [0.1, 0.15) is 41.1 Å². The minimum Gasteiger partial charge on any atom is -0.495 e. The van der Waals surface area contributed by atoms with Crippen LogP contribution >= 0.6 is 0 Å². The summed E-state index contributed by atoms with van der Waals surface area (Å²) in [7, 11) is 1.49. The highest BCUT2D eigenvalue weighted by molar-refractivity contribution is 6.22. The number of methoxy groups -OCH3 is 1. The van der Waals surface area contributed by atoms with Crippen LogP contribution in [0.25, 0.3) is 0 Å². The second kappa shape index (κ2) is 10.9. The molecule has 8 heteroatoms. The Bertz CT molecular complexity index is 1350. The first-order chi connectivity index (χ1) is 18.5. The number of anilines is 2. The first kappa shape index (κ1) is 25.2. The molecule has 0 bridgehead atoms. The molecule has 3 aromatic carbocycles. The van der Waals surface area contributed by atoms with Crippen molar-refractivity contribution in [3.8, 4) is 5.75 Å². The highest BCUT2D eigenvalue weighted by atomic mass is 16.5. The van der Waals surface area contributed by atoms with E-state index in [2.05, 4.69) is 17.4 Å². The number of imide groups is 1. The van der Waals surface area contributed by atoms with Crippen LogP contribution in [0.15, 0.2) is 78.9 Å². The second-order valence-electron chi connectivity index (χ2n) is 9.52. The number of esters is 1. The summed E-state index contributed by atoms with van der Waals surface area (Å²) in [5.74, 6) is -1.48. The molecule has 1 saturated carbocycles. The van der Waals surface area contributed by atoms with Gasteiger partial charge in [0.2, 0.25) is 11.8 Å². The molecule has 1 aliphatic carbocycles. The lowest BCUT2D eigenvalue weighted by atomic mass is 9.73. The van der Waals surface area contributed by atoms with Crippen molar-refractivity contribution in [2.45, 2.75) is 25.2 Å². The van der Waals surface area contributed by atoms with Gasteiger partial charge in [-0.2, -0.15) is 0 Å². The first-order valence-electron chi connectivity index (χ1n) is 12.6. The summed E-state index contributed by atoms with van der Waals surface area (Å²) < 4.78 is 10.3. The summed E-state index contributed by atoms with van der Waals surface area (Å²) in [6.07, 6.45) is 2.19. The van der Waals surface area contributed by atoms with Crippen LogP contribution in [0.4, 0.5) is 11.4 Å². The Balaban J connectivity index is 1.20. The number of nitrogens with zero attached hydrogens (tertiary/aromatic N) is 1. The van der Waals surface area contributed by atoms with Crippen molar-refractivity contribution in [1.29, 1.82) is 0 Å². The molecule has 2 fully saturated rings. The van der Waals surface area contributed by atoms with Gasteiger partial charge in [0.1, 0.15) is 5.75 Å². The number of amides is 3. The van der Waals surface area contributed by atoms with E-state index in [9.17, 15) is 19.2 Å². The molecular weight excluding hydrogens is 484 g/mol. The summed E-state index contributed by atoms with van der Waals surface area (Å²) in [5, 5.41) is 2.64. The molecule has 3 aromatic rings. The van der Waals surface area contributed by atoms with Crippen molar-refractivity contribution in [2.75, 3.05) is 23.9 Å². The zero-order chi connectivity index (χ0) is 26.6. The molecular formula is C30H28N2O6. The summed E-state index contributed by atoms with van der Waals surface area (Å²) >= 11 is 0. The maximum atomic E-state index is 13.3. The van der Waals surface area contributed by atoms with Crippen LogP contribution in [-0.2, 0) is 19.1 Å². The van der Waals surface area contributed by atoms with E-state index in [0.717, 1.165) is 6.42 Å². The van der Waals surface area contributed by atoms with Gasteiger partial charge in [-0.25, -0.2) is 4.79 Å². The molecule has 0 unspecified atom stereocenters. The van der Waals surface area contributed by atoms with Gasteiger partial charge in [0.05, 0.1) is 35.9 Å². The van der Waals surface area contributed by atoms with Crippen molar-refractivity contribution in [3.63, 3.8) is 0 Å². The van der Waals surface area contributed by atoms with E-state index in [1.54, 1.807) is 36.4 Å². The van der Waals surface area contributed by atoms with Crippen LogP contribution < -0.4 is 15.0 Å². The van der Waals surface area contributed by atoms with Crippen molar-refractivity contribution in [2.24, 2.45) is 11.8 Å². The molecule has 1 N–H and O–H groups in total. The zero-order valence-corrected chi connectivity index (χ0v) is 21.0. The summed E-state index contributed by atoms with van der Waals surface area (Å²) in [4.78, 5) is 52.4. The van der Waals surface area contributed by atoms with Gasteiger partial charge in [0, 0.05) is 0 Å². The summed E-state index contributed by atoms with van der Waals surface area (Å²) in [6.45, 7) is -0.479. The quantitative estimate of drug-likeness (QED) is 0.368. The lowest BCUT2D eigenvalue weighted by Gasteiger charge is -2.28. The summed E-state index contributed by atoms with van der Waals surface area (Å²) in [6, 6.07) is 23.1. The normalized spacial score (nSPS) is 20.6. The largest absolute Gasteiger partial charge is 0.495 e. The molecule has 38 heavy (non-hydrogen) atoms. The zero-order valence-electron chi connectivity index (χ0n) is 21.0. The topological polar surface area (TPSA) is 102 Å². The Kier molecular flexibility index (Phi) is 7.22. The predicted octanol–water partition coefficient (Wildman–Crippen LogP) is 4.56. The van der Waals surface area contributed by atoms with Crippen LogP contribution in [0.2, 0.25) is 0 Å². The number of fused-ring (bicyclic) bond motifs is 1. The van der Waals surface area contributed by atoms with Crippen molar-refractivity contribution >= 4 is 35.1 Å². The Hall–Kier alpha value is -4.46. The molecule has 0 aromatic heterocycles. The van der Waals surface area contributed by atoms with Crippen LogP contribution in [0.3, 0.4) is 0 Å². The summed E-state index contributed by atoms with van der Waals surface area (Å²) in [5.41, 5.74) is 2.30. The molecule has 3 amide bonds. The van der Waals surface area contributed by atoms with E-state index in [4.69, 9.17) is 9.47 Å². The molecule has 0 radical (unpaired) electrons. The van der Waals surface area contributed by atoms with E-state index >= 15 is 0 Å². The average molecular weight is 513 g/mol. The average Bonchev–Trinajstić information content (AvgIpc) is 3.21. The third-order valence-electron chi connectivity index (χ3n) is 7.27. The highest BCUT2D eigenvalue weighted by Crippen LogP contribution is 2.45. The molecule has 1 heterocycles. The minimum absolute atomic E-state index is 0.185. The number of ether oxygens (including phenoxy) is 2. The van der Waals surface area contributed by atoms with Gasteiger partial charge in [0.15, 0.2) is 6.61 Å². The van der Waals surface area contributed by atoms with E-state index in [0.29, 0.717) is 30.0 Å². The lowest BCUT2D eigenvalue weighted by Crippen LogP contribution is -2.30. The van der Waals surface area contributed by atoms with E-state index in [1.165, 1.54) is 29.7 Å². The molecule has 1 aliphatic heterocycles. The minimum atomic E-state index is -0.690. The van der Waals surface area contributed by atoms with Gasteiger partial charge in [-0.05, 0) is 67.1 Å². The molecule has 194 valence electrons. The molecule has 1 saturated heterocycles. The third kappa shape index (κ3) is 5.02. The van der Waals surface area contributed by atoms with Gasteiger partial charge < -0.3 is 14.8 Å². The number of benzene rings is 3. The van der Waals surface area contributed by atoms with Crippen LogP contribution in [-0.4, -0.2) is 37.4 Å². The fraction of sp³-hybridized carbons (Fsp3) is 0.267. The van der Waals surface area contributed by atoms with Gasteiger partial charge in [0.25, 0.3) is 5.91 Å². The molecule has 8 nitrogen and oxygen atoms in total. The smallest absolute Gasteiger partial charge is 0.338 e. The third-order valence-corrected chi connectivity index (χ3v) is 7.27. The number of para-hydroxylation sites is 2. The Morgan fingerprint density at radius 2 is 1.55 bits per heavy atom. The van der Waals surface area contributed by atoms with E-state index < -0.39 is 18.5 Å². The van der Waals surface area contributed by atoms with E-state index in [1.807, 2.05) is 18.2 Å². The molecule has 2 aliphatic rings. The number of hydrogen-bond donors (Lipinski definition) is 1. The Morgan fingerprint density at radius 1 is 0.868 bits per heavy atom. The molecule has 5 rings (SSSR count). The Labute approximate surface area is 220 Å². The second-order valence-corrected chi connectivity index (χ2v) is 9.52. The van der Waals surface area contributed by atoms with Gasteiger partial charge >= 0.3 is 5.97 Å². The number of carbonyl (C=O) groups is 4.